The van der Waals surface area contributed by atoms with Crippen molar-refractivity contribution >= 4 is 36.4 Å². The van der Waals surface area contributed by atoms with Crippen LogP contribution in [0.5, 0.6) is 5.75 Å². The zero-order valence-electron chi connectivity index (χ0n) is 16.3. The number of benzene rings is 1. The van der Waals surface area contributed by atoms with Gasteiger partial charge in [-0.05, 0) is 43.7 Å². The van der Waals surface area contributed by atoms with Crippen molar-refractivity contribution in [1.82, 2.24) is 19.6 Å². The number of imidazole rings is 1. The SMILES string of the molecule is Cc1ccc2nc(COc3ccccc3C(=O)N3CCCNCC3)cn2c1.Cl.Cl. The topological polar surface area (TPSA) is 58.9 Å². The van der Waals surface area contributed by atoms with Gasteiger partial charge in [0.2, 0.25) is 0 Å². The van der Waals surface area contributed by atoms with Crippen LogP contribution in [0.4, 0.5) is 0 Å². The van der Waals surface area contributed by atoms with E-state index in [9.17, 15) is 4.79 Å². The number of para-hydroxylation sites is 1. The lowest BCUT2D eigenvalue weighted by molar-refractivity contribution is 0.0761. The molecule has 0 atom stereocenters. The van der Waals surface area contributed by atoms with Gasteiger partial charge in [-0.3, -0.25) is 4.79 Å². The highest BCUT2D eigenvalue weighted by Gasteiger charge is 2.20. The molecule has 0 aliphatic carbocycles. The maximum absolute atomic E-state index is 13.0. The predicted molar refractivity (Wildman–Crippen MR) is 119 cm³/mol. The molecule has 0 spiro atoms. The molecule has 1 N–H and O–H groups in total. The number of hydrogen-bond donors (Lipinski definition) is 1. The Labute approximate surface area is 183 Å². The van der Waals surface area contributed by atoms with Crippen LogP contribution < -0.4 is 10.1 Å². The van der Waals surface area contributed by atoms with Crippen molar-refractivity contribution in [2.75, 3.05) is 26.2 Å². The number of hydrogen-bond acceptors (Lipinski definition) is 4. The summed E-state index contributed by atoms with van der Waals surface area (Å²) in [5.74, 6) is 0.632. The average molecular weight is 437 g/mol. The summed E-state index contributed by atoms with van der Waals surface area (Å²) in [6, 6.07) is 11.5. The fourth-order valence-electron chi connectivity index (χ4n) is 3.37. The second-order valence-electron chi connectivity index (χ2n) is 6.88. The van der Waals surface area contributed by atoms with Gasteiger partial charge in [0.15, 0.2) is 0 Å². The molecule has 3 aromatic rings. The van der Waals surface area contributed by atoms with Crippen molar-refractivity contribution in [2.45, 2.75) is 20.0 Å². The molecule has 2 aromatic heterocycles. The molecule has 29 heavy (non-hydrogen) atoms. The van der Waals surface area contributed by atoms with Gasteiger partial charge in [-0.15, -0.1) is 24.8 Å². The predicted octanol–water partition coefficient (Wildman–Crippen LogP) is 3.50. The number of carbonyl (C=O) groups excluding carboxylic acids is 1. The molecule has 1 amide bonds. The van der Waals surface area contributed by atoms with Gasteiger partial charge >= 0.3 is 0 Å². The van der Waals surface area contributed by atoms with Gasteiger partial charge in [0.1, 0.15) is 18.0 Å². The van der Waals surface area contributed by atoms with E-state index < -0.39 is 0 Å². The van der Waals surface area contributed by atoms with Crippen LogP contribution in [-0.2, 0) is 6.61 Å². The molecular weight excluding hydrogens is 411 g/mol. The van der Waals surface area contributed by atoms with Gasteiger partial charge in [-0.1, -0.05) is 18.2 Å². The smallest absolute Gasteiger partial charge is 0.257 e. The first-order chi connectivity index (χ1) is 13.2. The van der Waals surface area contributed by atoms with E-state index >= 15 is 0 Å². The van der Waals surface area contributed by atoms with Crippen molar-refractivity contribution < 1.29 is 9.53 Å². The molecule has 8 heteroatoms. The van der Waals surface area contributed by atoms with Crippen LogP contribution in [0.1, 0.15) is 28.0 Å². The number of aromatic nitrogens is 2. The first-order valence-electron chi connectivity index (χ1n) is 9.37. The zero-order valence-corrected chi connectivity index (χ0v) is 18.0. The molecule has 1 aliphatic rings. The van der Waals surface area contributed by atoms with Crippen LogP contribution in [0, 0.1) is 6.92 Å². The van der Waals surface area contributed by atoms with Crippen molar-refractivity contribution in [3.05, 3.63) is 65.6 Å². The summed E-state index contributed by atoms with van der Waals surface area (Å²) in [4.78, 5) is 19.4. The van der Waals surface area contributed by atoms with Crippen LogP contribution in [0.15, 0.2) is 48.8 Å². The Morgan fingerprint density at radius 2 is 1.93 bits per heavy atom. The number of aryl methyl sites for hydroxylation is 1. The maximum Gasteiger partial charge on any atom is 0.257 e. The number of halogens is 2. The van der Waals surface area contributed by atoms with E-state index in [1.807, 2.05) is 58.1 Å². The Bertz CT molecular complexity index is 953. The van der Waals surface area contributed by atoms with Crippen molar-refractivity contribution in [2.24, 2.45) is 0 Å². The third-order valence-corrected chi connectivity index (χ3v) is 4.77. The third-order valence-electron chi connectivity index (χ3n) is 4.77. The summed E-state index contributed by atoms with van der Waals surface area (Å²) in [5.41, 5.74) is 3.51. The lowest BCUT2D eigenvalue weighted by Gasteiger charge is -2.21. The minimum atomic E-state index is 0. The van der Waals surface area contributed by atoms with Gasteiger partial charge < -0.3 is 19.4 Å². The molecule has 4 rings (SSSR count). The lowest BCUT2D eigenvalue weighted by atomic mass is 10.1. The quantitative estimate of drug-likeness (QED) is 0.679. The lowest BCUT2D eigenvalue weighted by Crippen LogP contribution is -2.34. The Kier molecular flexibility index (Phi) is 8.32. The summed E-state index contributed by atoms with van der Waals surface area (Å²) in [5, 5.41) is 3.33. The number of nitrogens with one attached hydrogen (secondary N) is 1. The average Bonchev–Trinajstić information content (AvgIpc) is 2.89. The van der Waals surface area contributed by atoms with E-state index in [-0.39, 0.29) is 30.7 Å². The Morgan fingerprint density at radius 1 is 1.10 bits per heavy atom. The van der Waals surface area contributed by atoms with Gasteiger partial charge in [0.05, 0.1) is 11.3 Å². The maximum atomic E-state index is 13.0. The number of rotatable bonds is 4. The van der Waals surface area contributed by atoms with Gasteiger partial charge in [-0.25, -0.2) is 4.98 Å². The second kappa shape index (κ2) is 10.5. The molecule has 0 radical (unpaired) electrons. The summed E-state index contributed by atoms with van der Waals surface area (Å²) < 4.78 is 7.98. The summed E-state index contributed by atoms with van der Waals surface area (Å²) >= 11 is 0. The number of nitrogens with zero attached hydrogens (tertiary/aromatic N) is 3. The molecule has 3 heterocycles. The number of amides is 1. The van der Waals surface area contributed by atoms with Gasteiger partial charge in [-0.2, -0.15) is 0 Å². The standard InChI is InChI=1S/C21H24N4O2.2ClH/c1-16-7-8-20-23-17(14-25(20)13-16)15-27-19-6-3-2-5-18(19)21(26)24-11-4-9-22-10-12-24;;/h2-3,5-8,13-14,22H,4,9-12,15H2,1H3;2*1H. The zero-order chi connectivity index (χ0) is 18.6. The molecule has 1 fully saturated rings. The third kappa shape index (κ3) is 5.41. The van der Waals surface area contributed by atoms with E-state index in [1.54, 1.807) is 0 Å². The summed E-state index contributed by atoms with van der Waals surface area (Å²) in [7, 11) is 0. The first-order valence-corrected chi connectivity index (χ1v) is 9.37. The number of ether oxygens (including phenoxy) is 1. The molecule has 0 unspecified atom stereocenters. The van der Waals surface area contributed by atoms with Crippen LogP contribution in [0.25, 0.3) is 5.65 Å². The number of pyridine rings is 1. The van der Waals surface area contributed by atoms with E-state index in [4.69, 9.17) is 4.74 Å². The normalized spacial score (nSPS) is 13.9. The number of fused-ring (bicyclic) bond motifs is 1. The second-order valence-corrected chi connectivity index (χ2v) is 6.88. The Morgan fingerprint density at radius 3 is 2.79 bits per heavy atom. The van der Waals surface area contributed by atoms with E-state index in [0.717, 1.165) is 43.9 Å². The van der Waals surface area contributed by atoms with E-state index in [0.29, 0.717) is 17.9 Å². The number of carbonyl (C=O) groups is 1. The van der Waals surface area contributed by atoms with Crippen molar-refractivity contribution in [3.8, 4) is 5.75 Å². The van der Waals surface area contributed by atoms with Crippen LogP contribution in [0.2, 0.25) is 0 Å². The van der Waals surface area contributed by atoms with Gasteiger partial charge in [0.25, 0.3) is 5.91 Å². The highest BCUT2D eigenvalue weighted by atomic mass is 35.5. The molecule has 1 saturated heterocycles. The molecule has 156 valence electrons. The first kappa shape index (κ1) is 23.0. The van der Waals surface area contributed by atoms with Crippen molar-refractivity contribution in [1.29, 1.82) is 0 Å². The summed E-state index contributed by atoms with van der Waals surface area (Å²) in [6.07, 6.45) is 4.97. The minimum Gasteiger partial charge on any atom is -0.486 e. The molecule has 0 bridgehead atoms. The van der Waals surface area contributed by atoms with E-state index in [1.165, 1.54) is 5.56 Å². The molecule has 1 aromatic carbocycles. The van der Waals surface area contributed by atoms with Crippen LogP contribution in [-0.4, -0.2) is 46.4 Å². The highest BCUT2D eigenvalue weighted by molar-refractivity contribution is 5.97. The van der Waals surface area contributed by atoms with Crippen molar-refractivity contribution in [3.63, 3.8) is 0 Å². The molecular formula is C21H26Cl2N4O2. The van der Waals surface area contributed by atoms with Crippen LogP contribution >= 0.6 is 24.8 Å². The molecule has 0 saturated carbocycles. The summed E-state index contributed by atoms with van der Waals surface area (Å²) in [6.45, 7) is 5.65. The Balaban J connectivity index is 0.00000150. The fourth-order valence-corrected chi connectivity index (χ4v) is 3.37. The highest BCUT2D eigenvalue weighted by Crippen LogP contribution is 2.22. The molecule has 6 nitrogen and oxygen atoms in total. The van der Waals surface area contributed by atoms with E-state index in [2.05, 4.69) is 17.2 Å². The minimum absolute atomic E-state index is 0. The van der Waals surface area contributed by atoms with Gasteiger partial charge in [0, 0.05) is 32.0 Å². The molecule has 1 aliphatic heterocycles. The van der Waals surface area contributed by atoms with Crippen LogP contribution in [0.3, 0.4) is 0 Å². The Hall–Kier alpha value is -2.28. The monoisotopic (exact) mass is 436 g/mol. The fraction of sp³-hybridized carbons (Fsp3) is 0.333. The largest absolute Gasteiger partial charge is 0.486 e.